The van der Waals surface area contributed by atoms with Crippen LogP contribution in [-0.2, 0) is 4.79 Å². The molecule has 1 aliphatic heterocycles. The predicted molar refractivity (Wildman–Crippen MR) is 113 cm³/mol. The number of halogens is 1. The Kier molecular flexibility index (Phi) is 5.24. The SMILES string of the molecule is Cc1cc(C(=O)O)ccc1-c1ccc(/C=C2\SC(=Nc3ccc(F)cc3)NC2=O)o1. The highest BCUT2D eigenvalue weighted by Crippen LogP contribution is 2.31. The van der Waals surface area contributed by atoms with E-state index in [9.17, 15) is 14.0 Å². The van der Waals surface area contributed by atoms with Crippen LogP contribution >= 0.6 is 11.8 Å². The van der Waals surface area contributed by atoms with Crippen molar-refractivity contribution in [1.29, 1.82) is 0 Å². The number of aromatic carboxylic acids is 1. The number of carboxylic acid groups (broad SMARTS) is 1. The number of aliphatic imine (C=N–C) groups is 1. The van der Waals surface area contributed by atoms with E-state index < -0.39 is 5.97 Å². The fraction of sp³-hybridized carbons (Fsp3) is 0.0455. The van der Waals surface area contributed by atoms with Crippen LogP contribution in [-0.4, -0.2) is 22.2 Å². The number of carboxylic acids is 1. The molecule has 0 bridgehead atoms. The van der Waals surface area contributed by atoms with Crippen LogP contribution in [0.25, 0.3) is 17.4 Å². The molecule has 1 aromatic heterocycles. The van der Waals surface area contributed by atoms with Gasteiger partial charge < -0.3 is 14.8 Å². The van der Waals surface area contributed by atoms with Crippen LogP contribution in [0.1, 0.15) is 21.7 Å². The van der Waals surface area contributed by atoms with Crippen molar-refractivity contribution >= 4 is 40.6 Å². The summed E-state index contributed by atoms with van der Waals surface area (Å²) in [5.74, 6) is -0.603. The van der Waals surface area contributed by atoms with Gasteiger partial charge in [-0.1, -0.05) is 6.07 Å². The third-order valence-corrected chi connectivity index (χ3v) is 5.26. The van der Waals surface area contributed by atoms with Crippen molar-refractivity contribution in [3.05, 3.63) is 82.2 Å². The van der Waals surface area contributed by atoms with Crippen LogP contribution in [0.2, 0.25) is 0 Å². The second kappa shape index (κ2) is 8.00. The molecule has 1 fully saturated rings. The zero-order valence-electron chi connectivity index (χ0n) is 15.7. The molecule has 0 unspecified atom stereocenters. The van der Waals surface area contributed by atoms with E-state index in [2.05, 4.69) is 10.3 Å². The Morgan fingerprint density at radius 2 is 1.93 bits per heavy atom. The van der Waals surface area contributed by atoms with Gasteiger partial charge >= 0.3 is 5.97 Å². The monoisotopic (exact) mass is 422 g/mol. The number of furan rings is 1. The Hall–Kier alpha value is -3.65. The largest absolute Gasteiger partial charge is 0.478 e. The molecule has 0 saturated carbocycles. The van der Waals surface area contributed by atoms with Crippen molar-refractivity contribution in [1.82, 2.24) is 5.32 Å². The van der Waals surface area contributed by atoms with Gasteiger partial charge in [0.25, 0.3) is 5.91 Å². The van der Waals surface area contributed by atoms with E-state index in [1.807, 2.05) is 0 Å². The van der Waals surface area contributed by atoms with E-state index in [1.165, 1.54) is 30.3 Å². The van der Waals surface area contributed by atoms with Crippen LogP contribution < -0.4 is 5.32 Å². The van der Waals surface area contributed by atoms with Crippen molar-refractivity contribution < 1.29 is 23.5 Å². The Morgan fingerprint density at radius 3 is 2.63 bits per heavy atom. The molecule has 8 heteroatoms. The van der Waals surface area contributed by atoms with Gasteiger partial charge in [0.1, 0.15) is 17.3 Å². The summed E-state index contributed by atoms with van der Waals surface area (Å²) >= 11 is 1.16. The average Bonchev–Trinajstić information content (AvgIpc) is 3.30. The number of carbonyl (C=O) groups excluding carboxylic acids is 1. The average molecular weight is 422 g/mol. The third kappa shape index (κ3) is 4.18. The standard InChI is InChI=1S/C22H15FN2O4S/c1-12-10-13(21(27)28)2-8-17(12)18-9-7-16(29-18)11-19-20(26)25-22(30-19)24-15-5-3-14(23)4-6-15/h2-11H,1H3,(H,27,28)(H,24,25,26)/b19-11-. The molecule has 0 aliphatic carbocycles. The number of benzene rings is 2. The molecular formula is C22H15FN2O4S. The summed E-state index contributed by atoms with van der Waals surface area (Å²) in [6.07, 6.45) is 1.61. The quantitative estimate of drug-likeness (QED) is 0.579. The minimum Gasteiger partial charge on any atom is -0.478 e. The van der Waals surface area contributed by atoms with Crippen LogP contribution in [0.4, 0.5) is 10.1 Å². The van der Waals surface area contributed by atoms with Crippen molar-refractivity contribution in [3.63, 3.8) is 0 Å². The molecule has 1 amide bonds. The number of amidine groups is 1. The van der Waals surface area contributed by atoms with Gasteiger partial charge in [-0.05, 0) is 72.8 Å². The summed E-state index contributed by atoms with van der Waals surface area (Å²) in [6.45, 7) is 1.81. The van der Waals surface area contributed by atoms with Gasteiger partial charge in [-0.25, -0.2) is 14.2 Å². The van der Waals surface area contributed by atoms with Crippen LogP contribution in [0, 0.1) is 12.7 Å². The number of nitrogens with one attached hydrogen (secondary N) is 1. The second-order valence-electron chi connectivity index (χ2n) is 6.50. The van der Waals surface area contributed by atoms with E-state index in [1.54, 1.807) is 37.3 Å². The fourth-order valence-corrected chi connectivity index (χ4v) is 3.71. The summed E-state index contributed by atoms with van der Waals surface area (Å²) in [5.41, 5.74) is 2.27. The fourth-order valence-electron chi connectivity index (χ4n) is 2.89. The highest BCUT2D eigenvalue weighted by atomic mass is 32.2. The molecule has 2 aromatic carbocycles. The Bertz CT molecular complexity index is 1210. The lowest BCUT2D eigenvalue weighted by molar-refractivity contribution is -0.115. The van der Waals surface area contributed by atoms with Gasteiger partial charge in [-0.3, -0.25) is 4.79 Å². The van der Waals surface area contributed by atoms with Gasteiger partial charge in [0.15, 0.2) is 5.17 Å². The molecule has 0 spiro atoms. The van der Waals surface area contributed by atoms with Crippen LogP contribution in [0.15, 0.2) is 68.9 Å². The first-order valence-corrected chi connectivity index (χ1v) is 9.70. The normalized spacial score (nSPS) is 16.3. The molecule has 0 radical (unpaired) electrons. The molecule has 6 nitrogen and oxygen atoms in total. The smallest absolute Gasteiger partial charge is 0.335 e. The second-order valence-corrected chi connectivity index (χ2v) is 7.53. The number of hydrogen-bond acceptors (Lipinski definition) is 5. The molecule has 0 atom stereocenters. The summed E-state index contributed by atoms with van der Waals surface area (Å²) in [4.78, 5) is 28.0. The number of carbonyl (C=O) groups is 2. The zero-order valence-corrected chi connectivity index (χ0v) is 16.5. The Labute approximate surface area is 175 Å². The van der Waals surface area contributed by atoms with Crippen LogP contribution in [0.5, 0.6) is 0 Å². The van der Waals surface area contributed by atoms with Gasteiger partial charge in [-0.15, -0.1) is 0 Å². The van der Waals surface area contributed by atoms with Crippen molar-refractivity contribution in [2.24, 2.45) is 4.99 Å². The van der Waals surface area contributed by atoms with Gasteiger partial charge in [-0.2, -0.15) is 0 Å². The maximum absolute atomic E-state index is 13.0. The molecule has 2 N–H and O–H groups in total. The molecular weight excluding hydrogens is 407 g/mol. The summed E-state index contributed by atoms with van der Waals surface area (Å²) in [6, 6.07) is 13.9. The maximum Gasteiger partial charge on any atom is 0.335 e. The number of thioether (sulfide) groups is 1. The Balaban J connectivity index is 1.55. The number of aryl methyl sites for hydroxylation is 1. The number of rotatable bonds is 4. The molecule has 150 valence electrons. The minimum atomic E-state index is -0.989. The highest BCUT2D eigenvalue weighted by molar-refractivity contribution is 8.18. The minimum absolute atomic E-state index is 0.206. The van der Waals surface area contributed by atoms with E-state index in [0.29, 0.717) is 27.3 Å². The maximum atomic E-state index is 13.0. The van der Waals surface area contributed by atoms with Crippen molar-refractivity contribution in [2.75, 3.05) is 0 Å². The molecule has 4 rings (SSSR count). The highest BCUT2D eigenvalue weighted by Gasteiger charge is 2.24. The number of hydrogen-bond donors (Lipinski definition) is 2. The van der Waals surface area contributed by atoms with E-state index >= 15 is 0 Å². The van der Waals surface area contributed by atoms with Gasteiger partial charge in [0.05, 0.1) is 16.2 Å². The lowest BCUT2D eigenvalue weighted by Gasteiger charge is -2.04. The van der Waals surface area contributed by atoms with Gasteiger partial charge in [0, 0.05) is 11.6 Å². The first-order chi connectivity index (χ1) is 14.4. The summed E-state index contributed by atoms with van der Waals surface area (Å²) in [7, 11) is 0. The topological polar surface area (TPSA) is 91.9 Å². The lowest BCUT2D eigenvalue weighted by atomic mass is 10.0. The van der Waals surface area contributed by atoms with E-state index in [4.69, 9.17) is 9.52 Å². The van der Waals surface area contributed by atoms with E-state index in [0.717, 1.165) is 22.9 Å². The zero-order chi connectivity index (χ0) is 21.3. The molecule has 1 saturated heterocycles. The summed E-state index contributed by atoms with van der Waals surface area (Å²) in [5, 5.41) is 12.1. The molecule has 2 heterocycles. The predicted octanol–water partition coefficient (Wildman–Crippen LogP) is 4.98. The Morgan fingerprint density at radius 1 is 1.17 bits per heavy atom. The summed E-state index contributed by atoms with van der Waals surface area (Å²) < 4.78 is 18.8. The lowest BCUT2D eigenvalue weighted by Crippen LogP contribution is -2.19. The first-order valence-electron chi connectivity index (χ1n) is 8.88. The molecule has 3 aromatic rings. The van der Waals surface area contributed by atoms with Gasteiger partial charge in [0.2, 0.25) is 0 Å². The molecule has 30 heavy (non-hydrogen) atoms. The van der Waals surface area contributed by atoms with Crippen molar-refractivity contribution in [3.8, 4) is 11.3 Å². The first kappa shape index (κ1) is 19.7. The third-order valence-electron chi connectivity index (χ3n) is 4.35. The number of nitrogens with zero attached hydrogens (tertiary/aromatic N) is 1. The van der Waals surface area contributed by atoms with E-state index in [-0.39, 0.29) is 17.3 Å². The molecule has 1 aliphatic rings. The van der Waals surface area contributed by atoms with Crippen LogP contribution in [0.3, 0.4) is 0 Å². The number of amides is 1. The van der Waals surface area contributed by atoms with Crippen molar-refractivity contribution in [2.45, 2.75) is 6.92 Å².